The molecular weight excluding hydrogens is 282 g/mol. The Balaban J connectivity index is 3.09. The molecule has 0 aliphatic carbocycles. The summed E-state index contributed by atoms with van der Waals surface area (Å²) < 4.78 is 11.1. The first-order valence-electron chi connectivity index (χ1n) is 8.19. The van der Waals surface area contributed by atoms with E-state index in [0.717, 1.165) is 6.42 Å². The van der Waals surface area contributed by atoms with E-state index in [4.69, 9.17) is 9.47 Å². The van der Waals surface area contributed by atoms with Crippen LogP contribution in [0.5, 0.6) is 0 Å². The van der Waals surface area contributed by atoms with Crippen LogP contribution in [0.15, 0.2) is 0 Å². The van der Waals surface area contributed by atoms with E-state index in [9.17, 15) is 9.59 Å². The highest BCUT2D eigenvalue weighted by molar-refractivity contribution is 5.79. The van der Waals surface area contributed by atoms with Crippen molar-refractivity contribution in [2.45, 2.75) is 72.1 Å². The first-order chi connectivity index (χ1) is 10.2. The summed E-state index contributed by atoms with van der Waals surface area (Å²) >= 11 is 0. The zero-order valence-corrected chi connectivity index (χ0v) is 14.9. The summed E-state index contributed by atoms with van der Waals surface area (Å²) in [6, 6.07) is -0.0840. The Morgan fingerprint density at radius 2 is 2.00 bits per heavy atom. The predicted molar refractivity (Wildman–Crippen MR) is 85.3 cm³/mol. The lowest BCUT2D eigenvalue weighted by Crippen LogP contribution is -2.61. The molecule has 1 aliphatic rings. The number of hydrogen-bond acceptors (Lipinski definition) is 4. The molecule has 1 aliphatic heterocycles. The van der Waals surface area contributed by atoms with Crippen LogP contribution in [-0.2, 0) is 19.1 Å². The third-order valence-corrected chi connectivity index (χ3v) is 5.12. The Labute approximate surface area is 134 Å². The molecule has 0 aromatic rings. The molecule has 0 saturated carbocycles. The predicted octanol–water partition coefficient (Wildman–Crippen LogP) is 2.53. The fourth-order valence-corrected chi connectivity index (χ4v) is 3.42. The molecule has 22 heavy (non-hydrogen) atoms. The number of carbonyl (C=O) groups excluding carboxylic acids is 2. The Morgan fingerprint density at radius 3 is 2.45 bits per heavy atom. The summed E-state index contributed by atoms with van der Waals surface area (Å²) in [5.74, 6) is 0.394. The van der Waals surface area contributed by atoms with Crippen molar-refractivity contribution in [1.82, 2.24) is 5.32 Å². The largest absolute Gasteiger partial charge is 0.467 e. The Hall–Kier alpha value is -1.10. The van der Waals surface area contributed by atoms with Gasteiger partial charge in [0.2, 0.25) is 5.91 Å². The molecule has 1 rings (SSSR count). The van der Waals surface area contributed by atoms with Crippen LogP contribution in [0.2, 0.25) is 0 Å². The number of amides is 1. The van der Waals surface area contributed by atoms with Crippen molar-refractivity contribution in [2.24, 2.45) is 17.8 Å². The fraction of sp³-hybridized carbons (Fsp3) is 0.882. The van der Waals surface area contributed by atoms with Crippen molar-refractivity contribution < 1.29 is 19.1 Å². The van der Waals surface area contributed by atoms with E-state index in [1.807, 2.05) is 0 Å². The van der Waals surface area contributed by atoms with Crippen LogP contribution in [0.25, 0.3) is 0 Å². The van der Waals surface area contributed by atoms with Crippen LogP contribution in [0, 0.1) is 17.8 Å². The van der Waals surface area contributed by atoms with Crippen LogP contribution in [-0.4, -0.2) is 36.7 Å². The molecule has 1 fully saturated rings. The number of rotatable bonds is 5. The number of esters is 1. The SMILES string of the molecule is CC[C@@H](C)[C@@H](C)C1OC(C)(C(=O)OC)CC(C)C1NC(C)=O. The third-order valence-electron chi connectivity index (χ3n) is 5.12. The minimum atomic E-state index is -0.949. The number of carbonyl (C=O) groups is 2. The molecule has 0 bridgehead atoms. The molecule has 0 aromatic heterocycles. The van der Waals surface area contributed by atoms with Gasteiger partial charge in [-0.3, -0.25) is 4.79 Å². The lowest BCUT2D eigenvalue weighted by molar-refractivity contribution is -0.202. The maximum absolute atomic E-state index is 12.1. The van der Waals surface area contributed by atoms with Gasteiger partial charge in [0.05, 0.1) is 19.3 Å². The van der Waals surface area contributed by atoms with Crippen molar-refractivity contribution in [1.29, 1.82) is 0 Å². The highest BCUT2D eigenvalue weighted by Crippen LogP contribution is 2.38. The number of nitrogens with one attached hydrogen (secondary N) is 1. The van der Waals surface area contributed by atoms with Crippen LogP contribution in [0.4, 0.5) is 0 Å². The average molecular weight is 313 g/mol. The van der Waals surface area contributed by atoms with E-state index >= 15 is 0 Å². The molecular formula is C17H31NO4. The highest BCUT2D eigenvalue weighted by atomic mass is 16.6. The number of ether oxygens (including phenoxy) is 2. The molecule has 0 aromatic carbocycles. The zero-order valence-electron chi connectivity index (χ0n) is 14.9. The van der Waals surface area contributed by atoms with E-state index < -0.39 is 5.60 Å². The standard InChI is InChI=1S/C17H31NO4/c1-8-10(2)12(4)15-14(18-13(5)19)11(3)9-17(6,22-15)16(20)21-7/h10-12,14-15H,8-9H2,1-7H3,(H,18,19)/t10-,11?,12-,14?,15?,17?/m1/s1. The molecule has 6 atom stereocenters. The van der Waals surface area contributed by atoms with Crippen LogP contribution in [0.3, 0.4) is 0 Å². The topological polar surface area (TPSA) is 64.6 Å². The maximum atomic E-state index is 12.1. The van der Waals surface area contributed by atoms with Gasteiger partial charge in [-0.1, -0.05) is 34.1 Å². The van der Waals surface area contributed by atoms with E-state index in [0.29, 0.717) is 12.3 Å². The zero-order chi connectivity index (χ0) is 17.1. The van der Waals surface area contributed by atoms with Gasteiger partial charge in [0, 0.05) is 6.92 Å². The molecule has 1 N–H and O–H groups in total. The molecule has 1 heterocycles. The Kier molecular flexibility index (Phi) is 6.41. The summed E-state index contributed by atoms with van der Waals surface area (Å²) in [6.45, 7) is 11.8. The fourth-order valence-electron chi connectivity index (χ4n) is 3.42. The third kappa shape index (κ3) is 4.00. The molecule has 0 spiro atoms. The summed E-state index contributed by atoms with van der Waals surface area (Å²) in [5.41, 5.74) is -0.949. The van der Waals surface area contributed by atoms with E-state index in [2.05, 4.69) is 33.0 Å². The average Bonchev–Trinajstić information content (AvgIpc) is 2.46. The van der Waals surface area contributed by atoms with Gasteiger partial charge >= 0.3 is 5.97 Å². The van der Waals surface area contributed by atoms with Gasteiger partial charge < -0.3 is 14.8 Å². The second kappa shape index (κ2) is 7.44. The minimum absolute atomic E-state index is 0.0662. The summed E-state index contributed by atoms with van der Waals surface area (Å²) in [5, 5.41) is 3.02. The van der Waals surface area contributed by atoms with E-state index in [-0.39, 0.29) is 35.9 Å². The lowest BCUT2D eigenvalue weighted by Gasteiger charge is -2.48. The van der Waals surface area contributed by atoms with Crippen molar-refractivity contribution in [3.63, 3.8) is 0 Å². The van der Waals surface area contributed by atoms with Gasteiger partial charge in [-0.05, 0) is 31.1 Å². The number of methoxy groups -OCH3 is 1. The quantitative estimate of drug-likeness (QED) is 0.792. The molecule has 128 valence electrons. The van der Waals surface area contributed by atoms with Gasteiger partial charge in [-0.15, -0.1) is 0 Å². The summed E-state index contributed by atoms with van der Waals surface area (Å²) in [4.78, 5) is 23.7. The first-order valence-corrected chi connectivity index (χ1v) is 8.19. The van der Waals surface area contributed by atoms with Crippen molar-refractivity contribution >= 4 is 11.9 Å². The molecule has 4 unspecified atom stereocenters. The molecule has 0 radical (unpaired) electrons. The second-order valence-electron chi connectivity index (χ2n) is 6.96. The van der Waals surface area contributed by atoms with Gasteiger partial charge in [0.25, 0.3) is 0 Å². The van der Waals surface area contributed by atoms with Crippen molar-refractivity contribution in [2.75, 3.05) is 7.11 Å². The Morgan fingerprint density at radius 1 is 1.41 bits per heavy atom. The molecule has 1 saturated heterocycles. The Bertz CT molecular complexity index is 411. The van der Waals surface area contributed by atoms with Crippen LogP contribution >= 0.6 is 0 Å². The van der Waals surface area contributed by atoms with Gasteiger partial charge in [-0.25, -0.2) is 4.79 Å². The van der Waals surface area contributed by atoms with Crippen LogP contribution in [0.1, 0.15) is 54.4 Å². The maximum Gasteiger partial charge on any atom is 0.337 e. The van der Waals surface area contributed by atoms with Crippen molar-refractivity contribution in [3.05, 3.63) is 0 Å². The van der Waals surface area contributed by atoms with Gasteiger partial charge in [0.15, 0.2) is 5.60 Å². The first kappa shape index (κ1) is 18.9. The smallest absolute Gasteiger partial charge is 0.337 e. The lowest BCUT2D eigenvalue weighted by atomic mass is 9.75. The molecule has 5 heteroatoms. The van der Waals surface area contributed by atoms with E-state index in [1.54, 1.807) is 6.92 Å². The summed E-state index contributed by atoms with van der Waals surface area (Å²) in [7, 11) is 1.38. The minimum Gasteiger partial charge on any atom is -0.467 e. The highest BCUT2D eigenvalue weighted by Gasteiger charge is 2.50. The normalized spacial score (nSPS) is 34.6. The second-order valence-corrected chi connectivity index (χ2v) is 6.96. The van der Waals surface area contributed by atoms with Crippen molar-refractivity contribution in [3.8, 4) is 0 Å². The summed E-state index contributed by atoms with van der Waals surface area (Å²) in [6.07, 6.45) is 1.36. The molecule has 1 amide bonds. The number of hydrogen-bond donors (Lipinski definition) is 1. The molecule has 5 nitrogen and oxygen atoms in total. The van der Waals surface area contributed by atoms with Gasteiger partial charge in [0.1, 0.15) is 0 Å². The van der Waals surface area contributed by atoms with Crippen LogP contribution < -0.4 is 5.32 Å². The monoisotopic (exact) mass is 313 g/mol. The van der Waals surface area contributed by atoms with Gasteiger partial charge in [-0.2, -0.15) is 0 Å². The van der Waals surface area contributed by atoms with E-state index in [1.165, 1.54) is 14.0 Å².